The first-order chi connectivity index (χ1) is 8.69. The largest absolute Gasteiger partial charge is 0.359 e. The number of halogens is 1. The van der Waals surface area contributed by atoms with Crippen LogP contribution in [0.15, 0.2) is 16.7 Å². The average molecular weight is 328 g/mol. The Labute approximate surface area is 125 Å². The van der Waals surface area contributed by atoms with Gasteiger partial charge in [0.15, 0.2) is 0 Å². The van der Waals surface area contributed by atoms with Gasteiger partial charge in [-0.05, 0) is 48.7 Å². The lowest BCUT2D eigenvalue weighted by molar-refractivity contribution is 0.424. The van der Waals surface area contributed by atoms with Gasteiger partial charge in [-0.2, -0.15) is 0 Å². The van der Waals surface area contributed by atoms with Gasteiger partial charge in [0, 0.05) is 41.9 Å². The molecular formula is C15H26BrN3. The lowest BCUT2D eigenvalue weighted by Crippen LogP contribution is -2.36. The highest BCUT2D eigenvalue weighted by Gasteiger charge is 2.14. The Morgan fingerprint density at radius 3 is 2.53 bits per heavy atom. The molecule has 0 atom stereocenters. The highest BCUT2D eigenvalue weighted by atomic mass is 79.9. The minimum Gasteiger partial charge on any atom is -0.359 e. The highest BCUT2D eigenvalue weighted by molar-refractivity contribution is 9.10. The first-order valence-electron chi connectivity index (χ1n) is 6.79. The minimum atomic E-state index is 0.107. The molecular weight excluding hydrogens is 302 g/mol. The van der Waals surface area contributed by atoms with E-state index >= 15 is 0 Å². The Hall–Kier alpha value is -0.610. The molecule has 4 heteroatoms. The molecule has 108 valence electrons. The molecule has 0 aliphatic rings. The van der Waals surface area contributed by atoms with Crippen molar-refractivity contribution >= 4 is 21.7 Å². The Bertz CT molecular complexity index is 410. The summed E-state index contributed by atoms with van der Waals surface area (Å²) in [6, 6.07) is 2.15. The van der Waals surface area contributed by atoms with Crippen molar-refractivity contribution in [3.8, 4) is 0 Å². The van der Waals surface area contributed by atoms with Gasteiger partial charge >= 0.3 is 0 Å². The second-order valence-electron chi connectivity index (χ2n) is 6.51. The van der Waals surface area contributed by atoms with Crippen molar-refractivity contribution in [3.63, 3.8) is 0 Å². The molecule has 0 saturated carbocycles. The number of hydrogen-bond donors (Lipinski definition) is 1. The predicted molar refractivity (Wildman–Crippen MR) is 86.6 cm³/mol. The number of nitrogens with one attached hydrogen (secondary N) is 1. The number of hydrogen-bond acceptors (Lipinski definition) is 3. The lowest BCUT2D eigenvalue weighted by Gasteiger charge is -2.26. The molecule has 0 aliphatic carbocycles. The van der Waals surface area contributed by atoms with Crippen LogP contribution in [0.4, 0.5) is 5.82 Å². The fourth-order valence-corrected chi connectivity index (χ4v) is 2.32. The van der Waals surface area contributed by atoms with Crippen LogP contribution in [0.1, 0.15) is 40.2 Å². The molecule has 0 saturated heterocycles. The lowest BCUT2D eigenvalue weighted by atomic mass is 10.1. The fraction of sp³-hybridized carbons (Fsp3) is 0.667. The SMILES string of the molecule is CC(C)CN(C)c1ncc(Br)cc1CNC(C)(C)C. The van der Waals surface area contributed by atoms with E-state index in [4.69, 9.17) is 0 Å². The van der Waals surface area contributed by atoms with Crippen molar-refractivity contribution in [2.24, 2.45) is 5.92 Å². The maximum absolute atomic E-state index is 4.57. The van der Waals surface area contributed by atoms with Gasteiger partial charge in [-0.3, -0.25) is 0 Å². The first kappa shape index (κ1) is 16.4. The average Bonchev–Trinajstić information content (AvgIpc) is 2.24. The standard InChI is InChI=1S/C15H26BrN3/c1-11(2)10-19(6)14-12(7-13(16)9-17-14)8-18-15(3,4)5/h7,9,11,18H,8,10H2,1-6H3. The molecule has 0 aliphatic heterocycles. The van der Waals surface area contributed by atoms with E-state index < -0.39 is 0 Å². The van der Waals surface area contributed by atoms with Crippen LogP contribution in [-0.4, -0.2) is 24.1 Å². The van der Waals surface area contributed by atoms with Crippen LogP contribution in [0.5, 0.6) is 0 Å². The first-order valence-corrected chi connectivity index (χ1v) is 7.59. The van der Waals surface area contributed by atoms with Crippen molar-refractivity contribution in [1.82, 2.24) is 10.3 Å². The zero-order valence-corrected chi connectivity index (χ0v) is 14.5. The van der Waals surface area contributed by atoms with Crippen LogP contribution in [0.3, 0.4) is 0 Å². The molecule has 1 aromatic rings. The van der Waals surface area contributed by atoms with Crippen LogP contribution in [0.2, 0.25) is 0 Å². The van der Waals surface area contributed by atoms with Gasteiger partial charge in [-0.1, -0.05) is 13.8 Å². The number of anilines is 1. The fourth-order valence-electron chi connectivity index (χ4n) is 1.94. The van der Waals surface area contributed by atoms with Crippen molar-refractivity contribution in [2.45, 2.75) is 46.7 Å². The van der Waals surface area contributed by atoms with E-state index in [1.807, 2.05) is 6.20 Å². The van der Waals surface area contributed by atoms with Gasteiger partial charge < -0.3 is 10.2 Å². The molecule has 19 heavy (non-hydrogen) atoms. The summed E-state index contributed by atoms with van der Waals surface area (Å²) in [5.74, 6) is 1.69. The van der Waals surface area contributed by atoms with Crippen LogP contribution >= 0.6 is 15.9 Å². The maximum Gasteiger partial charge on any atom is 0.132 e. The van der Waals surface area contributed by atoms with Crippen LogP contribution < -0.4 is 10.2 Å². The van der Waals surface area contributed by atoms with Crippen molar-refractivity contribution < 1.29 is 0 Å². The highest BCUT2D eigenvalue weighted by Crippen LogP contribution is 2.22. The predicted octanol–water partition coefficient (Wildman–Crippen LogP) is 3.82. The van der Waals surface area contributed by atoms with Crippen LogP contribution in [0, 0.1) is 5.92 Å². The molecule has 1 aromatic heterocycles. The number of nitrogens with zero attached hydrogens (tertiary/aromatic N) is 2. The van der Waals surface area contributed by atoms with Crippen molar-refractivity contribution in [3.05, 3.63) is 22.3 Å². The molecule has 0 aromatic carbocycles. The number of rotatable bonds is 5. The third kappa shape index (κ3) is 5.91. The smallest absolute Gasteiger partial charge is 0.132 e. The van der Waals surface area contributed by atoms with Crippen LogP contribution in [0.25, 0.3) is 0 Å². The monoisotopic (exact) mass is 327 g/mol. The summed E-state index contributed by atoms with van der Waals surface area (Å²) in [5.41, 5.74) is 1.34. The summed E-state index contributed by atoms with van der Waals surface area (Å²) < 4.78 is 1.03. The topological polar surface area (TPSA) is 28.2 Å². The van der Waals surface area contributed by atoms with Crippen molar-refractivity contribution in [1.29, 1.82) is 0 Å². The number of aromatic nitrogens is 1. The van der Waals surface area contributed by atoms with E-state index in [-0.39, 0.29) is 5.54 Å². The summed E-state index contributed by atoms with van der Waals surface area (Å²) in [7, 11) is 2.11. The van der Waals surface area contributed by atoms with Gasteiger partial charge in [-0.25, -0.2) is 4.98 Å². The van der Waals surface area contributed by atoms with E-state index in [1.54, 1.807) is 0 Å². The van der Waals surface area contributed by atoms with Gasteiger partial charge in [0.05, 0.1) is 0 Å². The Kier molecular flexibility index (Phi) is 5.81. The Morgan fingerprint density at radius 1 is 1.37 bits per heavy atom. The zero-order chi connectivity index (χ0) is 14.6. The second-order valence-corrected chi connectivity index (χ2v) is 7.43. The summed E-state index contributed by atoms with van der Waals surface area (Å²) in [6.07, 6.45) is 1.87. The second kappa shape index (κ2) is 6.71. The van der Waals surface area contributed by atoms with E-state index in [9.17, 15) is 0 Å². The third-order valence-corrected chi connectivity index (χ3v) is 3.15. The normalized spacial score (nSPS) is 12.0. The summed E-state index contributed by atoms with van der Waals surface area (Å²) >= 11 is 3.51. The molecule has 0 spiro atoms. The third-order valence-electron chi connectivity index (χ3n) is 2.72. The zero-order valence-electron chi connectivity index (χ0n) is 12.9. The van der Waals surface area contributed by atoms with E-state index in [0.717, 1.165) is 23.4 Å². The van der Waals surface area contributed by atoms with E-state index in [0.29, 0.717) is 5.92 Å². The summed E-state index contributed by atoms with van der Waals surface area (Å²) in [4.78, 5) is 6.80. The molecule has 1 rings (SSSR count). The van der Waals surface area contributed by atoms with E-state index in [2.05, 4.69) is 78.9 Å². The quantitative estimate of drug-likeness (QED) is 0.890. The molecule has 0 radical (unpaired) electrons. The molecule has 0 bridgehead atoms. The maximum atomic E-state index is 4.57. The number of pyridine rings is 1. The molecule has 0 amide bonds. The van der Waals surface area contributed by atoms with Gasteiger partial charge in [0.2, 0.25) is 0 Å². The van der Waals surface area contributed by atoms with Crippen molar-refractivity contribution in [2.75, 3.05) is 18.5 Å². The molecule has 0 unspecified atom stereocenters. The molecule has 1 N–H and O–H groups in total. The summed E-state index contributed by atoms with van der Waals surface area (Å²) in [5, 5.41) is 3.53. The van der Waals surface area contributed by atoms with Gasteiger partial charge in [-0.15, -0.1) is 0 Å². The minimum absolute atomic E-state index is 0.107. The van der Waals surface area contributed by atoms with Gasteiger partial charge in [0.1, 0.15) is 5.82 Å². The molecule has 3 nitrogen and oxygen atoms in total. The van der Waals surface area contributed by atoms with Gasteiger partial charge in [0.25, 0.3) is 0 Å². The molecule has 0 fully saturated rings. The Morgan fingerprint density at radius 2 is 2.00 bits per heavy atom. The Balaban J connectivity index is 2.91. The summed E-state index contributed by atoms with van der Waals surface area (Å²) in [6.45, 7) is 12.8. The molecule has 1 heterocycles. The van der Waals surface area contributed by atoms with E-state index in [1.165, 1.54) is 5.56 Å². The van der Waals surface area contributed by atoms with Crippen LogP contribution in [-0.2, 0) is 6.54 Å².